The summed E-state index contributed by atoms with van der Waals surface area (Å²) in [6.45, 7) is 2.59. The summed E-state index contributed by atoms with van der Waals surface area (Å²) in [5.74, 6) is 1.24. The first-order valence-corrected chi connectivity index (χ1v) is 6.87. The van der Waals surface area contributed by atoms with Crippen molar-refractivity contribution in [3.8, 4) is 10.7 Å². The number of benzene rings is 1. The number of nitrogens with one attached hydrogen (secondary N) is 1. The Morgan fingerprint density at radius 3 is 2.89 bits per heavy atom. The molecule has 2 aromatic heterocycles. The number of hydrogen-bond acceptors (Lipinski definition) is 5. The summed E-state index contributed by atoms with van der Waals surface area (Å²) >= 11 is 1.60. The SMILES string of the molecule is Cc1ccccc1NCc1nc(-c2cccs2)no1. The zero-order valence-corrected chi connectivity index (χ0v) is 11.3. The Labute approximate surface area is 115 Å². The highest BCUT2D eigenvalue weighted by molar-refractivity contribution is 7.13. The molecule has 3 rings (SSSR count). The van der Waals surface area contributed by atoms with Crippen molar-refractivity contribution in [3.63, 3.8) is 0 Å². The molecule has 0 saturated carbocycles. The van der Waals surface area contributed by atoms with Crippen molar-refractivity contribution in [2.75, 3.05) is 5.32 Å². The monoisotopic (exact) mass is 271 g/mol. The Bertz CT molecular complexity index is 661. The van der Waals surface area contributed by atoms with Gasteiger partial charge in [0.1, 0.15) is 0 Å². The number of para-hydroxylation sites is 1. The Kier molecular flexibility index (Phi) is 3.29. The predicted molar refractivity (Wildman–Crippen MR) is 76.1 cm³/mol. The molecule has 0 aliphatic heterocycles. The lowest BCUT2D eigenvalue weighted by atomic mass is 10.2. The zero-order valence-electron chi connectivity index (χ0n) is 10.5. The standard InChI is InChI=1S/C14H13N3OS/c1-10-5-2-3-6-11(10)15-9-13-16-14(17-18-13)12-7-4-8-19-12/h2-8,15H,9H2,1H3. The molecule has 0 radical (unpaired) electrons. The average molecular weight is 271 g/mol. The van der Waals surface area contributed by atoms with Gasteiger partial charge in [-0.2, -0.15) is 4.98 Å². The van der Waals surface area contributed by atoms with Crippen LogP contribution in [0.1, 0.15) is 11.5 Å². The molecule has 1 N–H and O–H groups in total. The van der Waals surface area contributed by atoms with E-state index in [0.29, 0.717) is 18.3 Å². The zero-order chi connectivity index (χ0) is 13.1. The van der Waals surface area contributed by atoms with E-state index in [4.69, 9.17) is 4.52 Å². The Balaban J connectivity index is 1.70. The summed E-state index contributed by atoms with van der Waals surface area (Å²) in [5, 5.41) is 9.27. The number of nitrogens with zero attached hydrogens (tertiary/aromatic N) is 2. The first-order valence-electron chi connectivity index (χ1n) is 5.99. The van der Waals surface area contributed by atoms with Crippen LogP contribution in [0.15, 0.2) is 46.3 Å². The number of thiophene rings is 1. The van der Waals surface area contributed by atoms with E-state index < -0.39 is 0 Å². The Morgan fingerprint density at radius 1 is 1.21 bits per heavy atom. The maximum atomic E-state index is 5.23. The smallest absolute Gasteiger partial charge is 0.246 e. The number of rotatable bonds is 4. The first kappa shape index (κ1) is 11.9. The molecule has 0 saturated heterocycles. The van der Waals surface area contributed by atoms with Gasteiger partial charge in [-0.25, -0.2) is 0 Å². The van der Waals surface area contributed by atoms with Gasteiger partial charge in [-0.3, -0.25) is 0 Å². The third kappa shape index (κ3) is 2.66. The van der Waals surface area contributed by atoms with Crippen molar-refractivity contribution in [2.45, 2.75) is 13.5 Å². The molecule has 0 aliphatic rings. The molecule has 19 heavy (non-hydrogen) atoms. The van der Waals surface area contributed by atoms with Gasteiger partial charge in [0.2, 0.25) is 11.7 Å². The molecule has 0 atom stereocenters. The van der Waals surface area contributed by atoms with Crippen LogP contribution < -0.4 is 5.32 Å². The van der Waals surface area contributed by atoms with Crippen LogP contribution >= 0.6 is 11.3 Å². The molecule has 1 aromatic carbocycles. The fourth-order valence-electron chi connectivity index (χ4n) is 1.77. The van der Waals surface area contributed by atoms with Gasteiger partial charge < -0.3 is 9.84 Å². The maximum absolute atomic E-state index is 5.23. The van der Waals surface area contributed by atoms with Crippen LogP contribution in [0.2, 0.25) is 0 Å². The van der Waals surface area contributed by atoms with Crippen LogP contribution in [0.5, 0.6) is 0 Å². The number of hydrogen-bond donors (Lipinski definition) is 1. The van der Waals surface area contributed by atoms with E-state index in [9.17, 15) is 0 Å². The molecular formula is C14H13N3OS. The van der Waals surface area contributed by atoms with Crippen molar-refractivity contribution < 1.29 is 4.52 Å². The molecule has 5 heteroatoms. The molecule has 0 amide bonds. The molecule has 0 fully saturated rings. The molecule has 96 valence electrons. The fourth-order valence-corrected chi connectivity index (χ4v) is 2.42. The van der Waals surface area contributed by atoms with Crippen molar-refractivity contribution in [1.29, 1.82) is 0 Å². The van der Waals surface area contributed by atoms with E-state index >= 15 is 0 Å². The second-order valence-electron chi connectivity index (χ2n) is 4.16. The van der Waals surface area contributed by atoms with E-state index in [1.807, 2.05) is 35.7 Å². The van der Waals surface area contributed by atoms with Crippen molar-refractivity contribution >= 4 is 17.0 Å². The molecule has 3 aromatic rings. The van der Waals surface area contributed by atoms with E-state index in [2.05, 4.69) is 28.4 Å². The lowest BCUT2D eigenvalue weighted by molar-refractivity contribution is 0.384. The minimum Gasteiger partial charge on any atom is -0.376 e. The molecule has 0 spiro atoms. The second-order valence-corrected chi connectivity index (χ2v) is 5.11. The molecule has 0 bridgehead atoms. The summed E-state index contributed by atoms with van der Waals surface area (Å²) < 4.78 is 5.23. The highest BCUT2D eigenvalue weighted by Crippen LogP contribution is 2.21. The summed E-state index contributed by atoms with van der Waals surface area (Å²) in [4.78, 5) is 5.39. The number of anilines is 1. The number of aryl methyl sites for hydroxylation is 1. The van der Waals surface area contributed by atoms with Gasteiger partial charge in [-0.1, -0.05) is 29.4 Å². The Morgan fingerprint density at radius 2 is 2.11 bits per heavy atom. The summed E-state index contributed by atoms with van der Waals surface area (Å²) in [6.07, 6.45) is 0. The second kappa shape index (κ2) is 5.24. The van der Waals surface area contributed by atoms with Crippen molar-refractivity contribution in [3.05, 3.63) is 53.2 Å². The van der Waals surface area contributed by atoms with Crippen LogP contribution in [0, 0.1) is 6.92 Å². The first-order chi connectivity index (χ1) is 9.33. The fraction of sp³-hybridized carbons (Fsp3) is 0.143. The maximum Gasteiger partial charge on any atom is 0.246 e. The molecule has 4 nitrogen and oxygen atoms in total. The van der Waals surface area contributed by atoms with E-state index in [0.717, 1.165) is 10.6 Å². The van der Waals surface area contributed by atoms with Crippen molar-refractivity contribution in [2.24, 2.45) is 0 Å². The van der Waals surface area contributed by atoms with Crippen LogP contribution in [0.4, 0.5) is 5.69 Å². The topological polar surface area (TPSA) is 51.0 Å². The van der Waals surface area contributed by atoms with Crippen LogP contribution in [0.3, 0.4) is 0 Å². The highest BCUT2D eigenvalue weighted by Gasteiger charge is 2.09. The van der Waals surface area contributed by atoms with E-state index in [1.165, 1.54) is 5.56 Å². The van der Waals surface area contributed by atoms with E-state index in [-0.39, 0.29) is 0 Å². The summed E-state index contributed by atoms with van der Waals surface area (Å²) in [6, 6.07) is 12.1. The van der Waals surface area contributed by atoms with Crippen LogP contribution in [-0.2, 0) is 6.54 Å². The van der Waals surface area contributed by atoms with Gasteiger partial charge in [-0.05, 0) is 30.0 Å². The number of aromatic nitrogens is 2. The van der Waals surface area contributed by atoms with Gasteiger partial charge in [0.25, 0.3) is 0 Å². The average Bonchev–Trinajstić information content (AvgIpc) is 3.09. The van der Waals surface area contributed by atoms with Gasteiger partial charge in [0.05, 0.1) is 11.4 Å². The molecular weight excluding hydrogens is 258 g/mol. The molecule has 2 heterocycles. The molecule has 0 aliphatic carbocycles. The van der Waals surface area contributed by atoms with Crippen LogP contribution in [0.25, 0.3) is 10.7 Å². The highest BCUT2D eigenvalue weighted by atomic mass is 32.1. The lowest BCUT2D eigenvalue weighted by Gasteiger charge is -2.05. The minimum atomic E-state index is 0.531. The minimum absolute atomic E-state index is 0.531. The quantitative estimate of drug-likeness (QED) is 0.785. The van der Waals surface area contributed by atoms with Gasteiger partial charge in [0, 0.05) is 5.69 Å². The summed E-state index contributed by atoms with van der Waals surface area (Å²) in [5.41, 5.74) is 2.28. The third-order valence-electron chi connectivity index (χ3n) is 2.78. The third-order valence-corrected chi connectivity index (χ3v) is 3.65. The molecule has 0 unspecified atom stereocenters. The summed E-state index contributed by atoms with van der Waals surface area (Å²) in [7, 11) is 0. The van der Waals surface area contributed by atoms with Gasteiger partial charge >= 0.3 is 0 Å². The Hall–Kier alpha value is -2.14. The van der Waals surface area contributed by atoms with Gasteiger partial charge in [-0.15, -0.1) is 11.3 Å². The lowest BCUT2D eigenvalue weighted by Crippen LogP contribution is -2.00. The largest absolute Gasteiger partial charge is 0.376 e. The van der Waals surface area contributed by atoms with E-state index in [1.54, 1.807) is 11.3 Å². The predicted octanol–water partition coefficient (Wildman–Crippen LogP) is 3.72. The van der Waals surface area contributed by atoms with Crippen molar-refractivity contribution in [1.82, 2.24) is 10.1 Å². The van der Waals surface area contributed by atoms with Gasteiger partial charge in [0.15, 0.2) is 0 Å². The van der Waals surface area contributed by atoms with Crippen LogP contribution in [-0.4, -0.2) is 10.1 Å². The normalized spacial score (nSPS) is 10.6.